The molecule has 0 atom stereocenters. The van der Waals surface area contributed by atoms with Crippen LogP contribution in [0.25, 0.3) is 0 Å². The molecule has 0 amide bonds. The van der Waals surface area contributed by atoms with Crippen LogP contribution in [0.4, 0.5) is 0 Å². The second-order valence-electron chi connectivity index (χ2n) is 6.32. The lowest BCUT2D eigenvalue weighted by Crippen LogP contribution is -2.34. The van der Waals surface area contributed by atoms with E-state index in [0.717, 1.165) is 44.3 Å². The first-order valence-corrected chi connectivity index (χ1v) is 7.71. The van der Waals surface area contributed by atoms with Gasteiger partial charge in [-0.1, -0.05) is 32.1 Å². The summed E-state index contributed by atoms with van der Waals surface area (Å²) in [5.41, 5.74) is -0.654. The molecule has 2 aliphatic rings. The number of carboxylic acids is 1. The maximum absolute atomic E-state index is 11.7. The lowest BCUT2D eigenvalue weighted by atomic mass is 9.85. The van der Waals surface area contributed by atoms with Gasteiger partial charge in [0, 0.05) is 5.92 Å². The third-order valence-corrected chi connectivity index (χ3v) is 5.00. The number of tetrazole rings is 1. The lowest BCUT2D eigenvalue weighted by Gasteiger charge is -2.26. The van der Waals surface area contributed by atoms with Crippen molar-refractivity contribution < 1.29 is 9.90 Å². The van der Waals surface area contributed by atoms with Crippen LogP contribution in [-0.4, -0.2) is 31.3 Å². The van der Waals surface area contributed by atoms with Gasteiger partial charge in [0.2, 0.25) is 0 Å². The van der Waals surface area contributed by atoms with E-state index in [4.69, 9.17) is 0 Å². The zero-order valence-corrected chi connectivity index (χ0v) is 11.8. The zero-order chi connectivity index (χ0) is 14.0. The first-order chi connectivity index (χ1) is 9.71. The van der Waals surface area contributed by atoms with Crippen molar-refractivity contribution in [1.82, 2.24) is 20.2 Å². The molecule has 0 unspecified atom stereocenters. The van der Waals surface area contributed by atoms with Crippen molar-refractivity contribution in [3.05, 3.63) is 5.82 Å². The van der Waals surface area contributed by atoms with E-state index >= 15 is 0 Å². The molecule has 6 heteroatoms. The Morgan fingerprint density at radius 2 is 1.90 bits per heavy atom. The highest BCUT2D eigenvalue weighted by Gasteiger charge is 2.42. The van der Waals surface area contributed by atoms with Gasteiger partial charge in [0.15, 0.2) is 5.82 Å². The minimum atomic E-state index is -0.694. The normalized spacial score (nSPS) is 23.0. The van der Waals surface area contributed by atoms with Gasteiger partial charge in [0.1, 0.15) is 0 Å². The zero-order valence-electron chi connectivity index (χ0n) is 11.8. The fourth-order valence-electron chi connectivity index (χ4n) is 3.76. The molecule has 2 fully saturated rings. The number of aliphatic carboxylic acids is 1. The minimum absolute atomic E-state index is 0.408. The minimum Gasteiger partial charge on any atom is -0.481 e. The van der Waals surface area contributed by atoms with E-state index in [-0.39, 0.29) is 0 Å². The predicted molar refractivity (Wildman–Crippen MR) is 72.2 cm³/mol. The van der Waals surface area contributed by atoms with Crippen molar-refractivity contribution in [2.45, 2.75) is 70.3 Å². The van der Waals surface area contributed by atoms with Gasteiger partial charge in [0.25, 0.3) is 0 Å². The van der Waals surface area contributed by atoms with E-state index < -0.39 is 11.4 Å². The van der Waals surface area contributed by atoms with Gasteiger partial charge in [-0.15, -0.1) is 5.10 Å². The van der Waals surface area contributed by atoms with Crippen LogP contribution in [0.3, 0.4) is 0 Å². The summed E-state index contributed by atoms with van der Waals surface area (Å²) >= 11 is 0. The Kier molecular flexibility index (Phi) is 3.72. The average Bonchev–Trinajstić information content (AvgIpc) is 3.10. The topological polar surface area (TPSA) is 80.9 Å². The quantitative estimate of drug-likeness (QED) is 0.914. The fourth-order valence-corrected chi connectivity index (χ4v) is 3.76. The Labute approximate surface area is 118 Å². The predicted octanol–water partition coefficient (Wildman–Crippen LogP) is 2.37. The summed E-state index contributed by atoms with van der Waals surface area (Å²) in [6.07, 6.45) is 9.46. The van der Waals surface area contributed by atoms with Gasteiger partial charge in [0.05, 0.1) is 12.0 Å². The molecule has 2 aliphatic carbocycles. The Bertz CT molecular complexity index is 473. The molecule has 1 aromatic rings. The van der Waals surface area contributed by atoms with E-state index in [1.54, 1.807) is 4.68 Å². The molecule has 0 bridgehead atoms. The van der Waals surface area contributed by atoms with E-state index in [1.807, 2.05) is 0 Å². The Hall–Kier alpha value is -1.46. The highest BCUT2D eigenvalue weighted by atomic mass is 16.4. The maximum Gasteiger partial charge on any atom is 0.311 e. The molecule has 3 rings (SSSR count). The van der Waals surface area contributed by atoms with E-state index in [2.05, 4.69) is 15.5 Å². The monoisotopic (exact) mass is 278 g/mol. The van der Waals surface area contributed by atoms with Crippen molar-refractivity contribution >= 4 is 5.97 Å². The molecule has 20 heavy (non-hydrogen) atoms. The van der Waals surface area contributed by atoms with Crippen LogP contribution in [0.15, 0.2) is 0 Å². The van der Waals surface area contributed by atoms with Gasteiger partial charge < -0.3 is 5.11 Å². The first kappa shape index (κ1) is 13.5. The number of nitrogens with zero attached hydrogens (tertiary/aromatic N) is 4. The molecule has 0 spiro atoms. The summed E-state index contributed by atoms with van der Waals surface area (Å²) in [6, 6.07) is 0. The number of aromatic nitrogens is 4. The van der Waals surface area contributed by atoms with Crippen LogP contribution in [0, 0.1) is 5.41 Å². The molecule has 1 heterocycles. The van der Waals surface area contributed by atoms with Gasteiger partial charge >= 0.3 is 5.97 Å². The van der Waals surface area contributed by atoms with Gasteiger partial charge in [-0.05, 0) is 36.1 Å². The molecule has 2 saturated carbocycles. The molecule has 0 aromatic carbocycles. The summed E-state index contributed by atoms with van der Waals surface area (Å²) in [7, 11) is 0. The third kappa shape index (κ3) is 2.43. The number of hydrogen-bond acceptors (Lipinski definition) is 4. The molecule has 1 aromatic heterocycles. The van der Waals surface area contributed by atoms with Crippen molar-refractivity contribution in [2.75, 3.05) is 0 Å². The summed E-state index contributed by atoms with van der Waals surface area (Å²) in [4.78, 5) is 11.7. The molecular weight excluding hydrogens is 256 g/mol. The second kappa shape index (κ2) is 5.50. The smallest absolute Gasteiger partial charge is 0.311 e. The standard InChI is InChI=1S/C14H22N4O2/c19-13(20)14(8-4-5-9-14)10-18-12(15-16-17-18)11-6-2-1-3-7-11/h11H,1-10H2,(H,19,20). The van der Waals surface area contributed by atoms with Crippen molar-refractivity contribution in [3.63, 3.8) is 0 Å². The van der Waals surface area contributed by atoms with Crippen molar-refractivity contribution in [1.29, 1.82) is 0 Å². The summed E-state index contributed by atoms with van der Waals surface area (Å²) in [5.74, 6) is 0.614. The Morgan fingerprint density at radius 3 is 2.55 bits per heavy atom. The summed E-state index contributed by atoms with van der Waals surface area (Å²) < 4.78 is 1.77. The van der Waals surface area contributed by atoms with Gasteiger partial charge in [-0.2, -0.15) is 0 Å². The fraction of sp³-hybridized carbons (Fsp3) is 0.857. The van der Waals surface area contributed by atoms with Gasteiger partial charge in [-0.25, -0.2) is 4.68 Å². The SMILES string of the molecule is O=C(O)C1(Cn2nnnc2C2CCCCC2)CCCC1. The maximum atomic E-state index is 11.7. The molecule has 6 nitrogen and oxygen atoms in total. The molecule has 0 radical (unpaired) electrons. The largest absolute Gasteiger partial charge is 0.481 e. The van der Waals surface area contributed by atoms with Crippen molar-refractivity contribution in [2.24, 2.45) is 5.41 Å². The van der Waals surface area contributed by atoms with Crippen LogP contribution in [0.5, 0.6) is 0 Å². The van der Waals surface area contributed by atoms with Crippen LogP contribution in [-0.2, 0) is 11.3 Å². The molecular formula is C14H22N4O2. The Balaban J connectivity index is 1.80. The number of rotatable bonds is 4. The van der Waals surface area contributed by atoms with Crippen LogP contribution >= 0.6 is 0 Å². The second-order valence-corrected chi connectivity index (χ2v) is 6.32. The number of carbonyl (C=O) groups is 1. The number of carboxylic acid groups (broad SMARTS) is 1. The Morgan fingerprint density at radius 1 is 1.20 bits per heavy atom. The van der Waals surface area contributed by atoms with E-state index in [9.17, 15) is 9.90 Å². The highest BCUT2D eigenvalue weighted by Crippen LogP contribution is 2.40. The van der Waals surface area contributed by atoms with Crippen LogP contribution in [0.1, 0.15) is 69.5 Å². The molecule has 0 saturated heterocycles. The molecule has 0 aliphatic heterocycles. The molecule has 1 N–H and O–H groups in total. The van der Waals surface area contributed by atoms with Crippen LogP contribution < -0.4 is 0 Å². The van der Waals surface area contributed by atoms with E-state index in [1.165, 1.54) is 19.3 Å². The average molecular weight is 278 g/mol. The summed E-state index contributed by atoms with van der Waals surface area (Å²) in [6.45, 7) is 0.432. The van der Waals surface area contributed by atoms with E-state index in [0.29, 0.717) is 12.5 Å². The first-order valence-electron chi connectivity index (χ1n) is 7.71. The third-order valence-electron chi connectivity index (χ3n) is 5.00. The summed E-state index contributed by atoms with van der Waals surface area (Å²) in [5, 5.41) is 21.6. The molecule has 110 valence electrons. The van der Waals surface area contributed by atoms with Crippen molar-refractivity contribution in [3.8, 4) is 0 Å². The number of hydrogen-bond donors (Lipinski definition) is 1. The van der Waals surface area contributed by atoms with Gasteiger partial charge in [-0.3, -0.25) is 4.79 Å². The van der Waals surface area contributed by atoms with Crippen LogP contribution in [0.2, 0.25) is 0 Å². The lowest BCUT2D eigenvalue weighted by molar-refractivity contribution is -0.149. The highest BCUT2D eigenvalue weighted by molar-refractivity contribution is 5.74.